The number of nitrogens with one attached hydrogen (secondary N) is 1. The van der Waals surface area contributed by atoms with E-state index in [1.165, 1.54) is 0 Å². The molecular weight excluding hydrogens is 275 g/mol. The molecule has 0 aliphatic carbocycles. The van der Waals surface area contributed by atoms with Crippen molar-refractivity contribution in [3.05, 3.63) is 18.0 Å². The molecule has 0 saturated heterocycles. The number of hydrogen-bond acceptors (Lipinski definition) is 4. The summed E-state index contributed by atoms with van der Waals surface area (Å²) in [6, 6.07) is 0. The first-order valence-electron chi connectivity index (χ1n) is 6.37. The van der Waals surface area contributed by atoms with E-state index in [9.17, 15) is 13.2 Å². The van der Waals surface area contributed by atoms with E-state index in [1.54, 1.807) is 18.0 Å². The second kappa shape index (κ2) is 8.93. The molecule has 0 aromatic carbocycles. The Kier molecular flexibility index (Phi) is 7.56. The Hall–Kier alpha value is -1.12. The van der Waals surface area contributed by atoms with Crippen molar-refractivity contribution in [1.82, 2.24) is 15.1 Å². The fraction of sp³-hybridized carbons (Fsp3) is 0.750. The third kappa shape index (κ3) is 8.13. The standard InChI is InChI=1S/C12H20F3N3O2/c1-19-6-3-16-7-11-8-17-18(9-11)4-2-5-20-10-12(13,14)15/h8-9,16H,2-7,10H2,1H3. The predicted molar refractivity (Wildman–Crippen MR) is 67.3 cm³/mol. The van der Waals surface area contributed by atoms with Crippen molar-refractivity contribution in [1.29, 1.82) is 0 Å². The first-order chi connectivity index (χ1) is 9.51. The van der Waals surface area contributed by atoms with Crippen LogP contribution in [-0.4, -0.2) is 49.4 Å². The van der Waals surface area contributed by atoms with E-state index in [4.69, 9.17) is 4.74 Å². The van der Waals surface area contributed by atoms with Crippen LogP contribution in [0.15, 0.2) is 12.4 Å². The Morgan fingerprint density at radius 3 is 2.85 bits per heavy atom. The molecule has 1 N–H and O–H groups in total. The van der Waals surface area contributed by atoms with Gasteiger partial charge in [-0.3, -0.25) is 4.68 Å². The largest absolute Gasteiger partial charge is 0.411 e. The van der Waals surface area contributed by atoms with Crippen LogP contribution in [0.3, 0.4) is 0 Å². The van der Waals surface area contributed by atoms with Gasteiger partial charge >= 0.3 is 6.18 Å². The molecule has 5 nitrogen and oxygen atoms in total. The first kappa shape index (κ1) is 16.9. The summed E-state index contributed by atoms with van der Waals surface area (Å²) in [7, 11) is 1.64. The van der Waals surface area contributed by atoms with Gasteiger partial charge < -0.3 is 14.8 Å². The van der Waals surface area contributed by atoms with E-state index < -0.39 is 12.8 Å². The number of methoxy groups -OCH3 is 1. The second-order valence-corrected chi connectivity index (χ2v) is 4.30. The van der Waals surface area contributed by atoms with Crippen LogP contribution in [0.2, 0.25) is 0 Å². The summed E-state index contributed by atoms with van der Waals surface area (Å²) in [5.74, 6) is 0. The molecule has 116 valence electrons. The molecule has 0 atom stereocenters. The maximum atomic E-state index is 11.8. The van der Waals surface area contributed by atoms with E-state index in [0.29, 0.717) is 26.1 Å². The lowest BCUT2D eigenvalue weighted by atomic mass is 10.3. The van der Waals surface area contributed by atoms with Gasteiger partial charge in [-0.2, -0.15) is 18.3 Å². The number of nitrogens with zero attached hydrogens (tertiary/aromatic N) is 2. The zero-order chi connectivity index (χ0) is 14.8. The van der Waals surface area contributed by atoms with Crippen molar-refractivity contribution < 1.29 is 22.6 Å². The van der Waals surface area contributed by atoms with Crippen molar-refractivity contribution in [2.75, 3.05) is 33.5 Å². The highest BCUT2D eigenvalue weighted by molar-refractivity contribution is 5.03. The number of aromatic nitrogens is 2. The van der Waals surface area contributed by atoms with Crippen molar-refractivity contribution in [3.8, 4) is 0 Å². The molecule has 1 aromatic heterocycles. The monoisotopic (exact) mass is 295 g/mol. The van der Waals surface area contributed by atoms with Crippen LogP contribution in [-0.2, 0) is 22.6 Å². The normalized spacial score (nSPS) is 12.0. The van der Waals surface area contributed by atoms with Crippen molar-refractivity contribution >= 4 is 0 Å². The zero-order valence-corrected chi connectivity index (χ0v) is 11.4. The Balaban J connectivity index is 2.11. The third-order valence-corrected chi connectivity index (χ3v) is 2.44. The lowest BCUT2D eigenvalue weighted by Crippen LogP contribution is -2.18. The molecular formula is C12H20F3N3O2. The number of rotatable bonds is 10. The number of hydrogen-bond donors (Lipinski definition) is 1. The van der Waals surface area contributed by atoms with E-state index in [-0.39, 0.29) is 6.61 Å². The highest BCUT2D eigenvalue weighted by Crippen LogP contribution is 2.14. The molecule has 1 rings (SSSR count). The van der Waals surface area contributed by atoms with Crippen LogP contribution >= 0.6 is 0 Å². The Morgan fingerprint density at radius 2 is 2.15 bits per heavy atom. The van der Waals surface area contributed by atoms with Gasteiger partial charge in [-0.25, -0.2) is 0 Å². The lowest BCUT2D eigenvalue weighted by Gasteiger charge is -2.07. The van der Waals surface area contributed by atoms with E-state index in [0.717, 1.165) is 12.1 Å². The molecule has 0 saturated carbocycles. The van der Waals surface area contributed by atoms with Gasteiger partial charge in [-0.15, -0.1) is 0 Å². The van der Waals surface area contributed by atoms with Gasteiger partial charge in [0.1, 0.15) is 6.61 Å². The molecule has 8 heteroatoms. The first-order valence-corrected chi connectivity index (χ1v) is 6.37. The maximum Gasteiger partial charge on any atom is 0.411 e. The number of alkyl halides is 3. The fourth-order valence-electron chi connectivity index (χ4n) is 1.54. The molecule has 0 aliphatic heterocycles. The Morgan fingerprint density at radius 1 is 1.35 bits per heavy atom. The van der Waals surface area contributed by atoms with Gasteiger partial charge in [-0.1, -0.05) is 0 Å². The van der Waals surface area contributed by atoms with E-state index in [1.807, 2.05) is 6.20 Å². The summed E-state index contributed by atoms with van der Waals surface area (Å²) >= 11 is 0. The predicted octanol–water partition coefficient (Wildman–Crippen LogP) is 1.59. The molecule has 1 aromatic rings. The Labute approximate surface area is 116 Å². The van der Waals surface area contributed by atoms with Crippen LogP contribution in [0.5, 0.6) is 0 Å². The van der Waals surface area contributed by atoms with Crippen molar-refractivity contribution in [2.24, 2.45) is 0 Å². The average molecular weight is 295 g/mol. The molecule has 0 spiro atoms. The smallest absolute Gasteiger partial charge is 0.383 e. The van der Waals surface area contributed by atoms with Gasteiger partial charge in [0, 0.05) is 45.1 Å². The molecule has 20 heavy (non-hydrogen) atoms. The number of ether oxygens (including phenoxy) is 2. The van der Waals surface area contributed by atoms with Gasteiger partial charge in [-0.05, 0) is 6.42 Å². The van der Waals surface area contributed by atoms with Crippen molar-refractivity contribution in [2.45, 2.75) is 25.7 Å². The molecule has 0 amide bonds. The lowest BCUT2D eigenvalue weighted by molar-refractivity contribution is -0.174. The molecule has 1 heterocycles. The molecule has 0 unspecified atom stereocenters. The highest BCUT2D eigenvalue weighted by atomic mass is 19.4. The number of halogens is 3. The van der Waals surface area contributed by atoms with Gasteiger partial charge in [0.15, 0.2) is 0 Å². The van der Waals surface area contributed by atoms with Crippen LogP contribution in [0.25, 0.3) is 0 Å². The average Bonchev–Trinajstić information content (AvgIpc) is 2.81. The van der Waals surface area contributed by atoms with Crippen LogP contribution in [0.1, 0.15) is 12.0 Å². The minimum atomic E-state index is -4.26. The van der Waals surface area contributed by atoms with Crippen LogP contribution in [0.4, 0.5) is 13.2 Å². The SMILES string of the molecule is COCCNCc1cnn(CCCOCC(F)(F)F)c1. The summed E-state index contributed by atoms with van der Waals surface area (Å²) in [5, 5.41) is 7.31. The summed E-state index contributed by atoms with van der Waals surface area (Å²) in [4.78, 5) is 0. The van der Waals surface area contributed by atoms with Crippen LogP contribution in [0, 0.1) is 0 Å². The number of aryl methyl sites for hydroxylation is 1. The maximum absolute atomic E-state index is 11.8. The highest BCUT2D eigenvalue weighted by Gasteiger charge is 2.27. The third-order valence-electron chi connectivity index (χ3n) is 2.44. The van der Waals surface area contributed by atoms with Gasteiger partial charge in [0.2, 0.25) is 0 Å². The molecule has 0 radical (unpaired) electrons. The fourth-order valence-corrected chi connectivity index (χ4v) is 1.54. The van der Waals surface area contributed by atoms with Crippen LogP contribution < -0.4 is 5.32 Å². The zero-order valence-electron chi connectivity index (χ0n) is 11.4. The van der Waals surface area contributed by atoms with E-state index in [2.05, 4.69) is 15.2 Å². The molecule has 0 aliphatic rings. The quantitative estimate of drug-likeness (QED) is 0.666. The molecule has 0 bridgehead atoms. The Bertz CT molecular complexity index is 369. The second-order valence-electron chi connectivity index (χ2n) is 4.30. The van der Waals surface area contributed by atoms with Crippen molar-refractivity contribution in [3.63, 3.8) is 0 Å². The molecule has 0 fully saturated rings. The topological polar surface area (TPSA) is 48.3 Å². The van der Waals surface area contributed by atoms with Gasteiger partial charge in [0.05, 0.1) is 12.8 Å². The minimum Gasteiger partial charge on any atom is -0.383 e. The van der Waals surface area contributed by atoms with E-state index >= 15 is 0 Å². The minimum absolute atomic E-state index is 0.0702. The summed E-state index contributed by atoms with van der Waals surface area (Å²) < 4.78 is 46.6. The summed E-state index contributed by atoms with van der Waals surface area (Å²) in [6.45, 7) is 1.50. The van der Waals surface area contributed by atoms with Gasteiger partial charge in [0.25, 0.3) is 0 Å². The summed E-state index contributed by atoms with van der Waals surface area (Å²) in [5.41, 5.74) is 1.03. The summed E-state index contributed by atoms with van der Waals surface area (Å²) in [6.07, 6.45) is -0.166.